The third kappa shape index (κ3) is 3.55. The van der Waals surface area contributed by atoms with Gasteiger partial charge in [0.15, 0.2) is 0 Å². The minimum Gasteiger partial charge on any atom is -0.399 e. The maximum absolute atomic E-state index is 5.78. The van der Waals surface area contributed by atoms with Gasteiger partial charge in [-0.05, 0) is 68.5 Å². The van der Waals surface area contributed by atoms with Crippen molar-refractivity contribution in [2.24, 2.45) is 5.41 Å². The van der Waals surface area contributed by atoms with Crippen molar-refractivity contribution >= 4 is 11.4 Å². The van der Waals surface area contributed by atoms with Crippen LogP contribution in [0.4, 0.5) is 11.4 Å². The minimum atomic E-state index is 0.591. The lowest BCUT2D eigenvalue weighted by Gasteiger charge is -2.47. The maximum Gasteiger partial charge on any atom is 0.0589 e. The number of piperidine rings is 2. The summed E-state index contributed by atoms with van der Waals surface area (Å²) in [5.74, 6) is 0. The van der Waals surface area contributed by atoms with Crippen LogP contribution in [0, 0.1) is 5.41 Å². The van der Waals surface area contributed by atoms with Gasteiger partial charge < -0.3 is 20.3 Å². The molecule has 122 valence electrons. The van der Waals surface area contributed by atoms with Crippen molar-refractivity contribution in [1.29, 1.82) is 0 Å². The molecule has 1 aromatic carbocycles. The van der Waals surface area contributed by atoms with Crippen LogP contribution in [0.25, 0.3) is 0 Å². The molecule has 2 N–H and O–H groups in total. The lowest BCUT2D eigenvalue weighted by molar-refractivity contribution is 0.0618. The average molecular weight is 303 g/mol. The summed E-state index contributed by atoms with van der Waals surface area (Å²) >= 11 is 0. The Kier molecular flexibility index (Phi) is 4.89. The van der Waals surface area contributed by atoms with E-state index in [1.807, 2.05) is 12.1 Å². The van der Waals surface area contributed by atoms with E-state index in [-0.39, 0.29) is 0 Å². The summed E-state index contributed by atoms with van der Waals surface area (Å²) in [7, 11) is 1.79. The van der Waals surface area contributed by atoms with Gasteiger partial charge in [-0.3, -0.25) is 0 Å². The van der Waals surface area contributed by atoms with E-state index in [2.05, 4.69) is 21.9 Å². The molecule has 3 rings (SSSR count). The Balaban J connectivity index is 1.50. The van der Waals surface area contributed by atoms with Crippen molar-refractivity contribution in [1.82, 2.24) is 4.90 Å². The average Bonchev–Trinajstić information content (AvgIpc) is 2.56. The fraction of sp³-hybridized carbons (Fsp3) is 0.667. The van der Waals surface area contributed by atoms with Gasteiger partial charge in [0.05, 0.1) is 6.61 Å². The van der Waals surface area contributed by atoms with Crippen molar-refractivity contribution in [3.05, 3.63) is 24.3 Å². The highest BCUT2D eigenvalue weighted by molar-refractivity contribution is 5.53. The van der Waals surface area contributed by atoms with E-state index in [0.29, 0.717) is 5.41 Å². The molecule has 0 aliphatic carbocycles. The van der Waals surface area contributed by atoms with Gasteiger partial charge in [0.1, 0.15) is 0 Å². The van der Waals surface area contributed by atoms with Crippen LogP contribution in [0.1, 0.15) is 25.7 Å². The highest BCUT2D eigenvalue weighted by Gasteiger charge is 2.37. The highest BCUT2D eigenvalue weighted by Crippen LogP contribution is 2.42. The van der Waals surface area contributed by atoms with E-state index >= 15 is 0 Å². The molecule has 22 heavy (non-hydrogen) atoms. The quantitative estimate of drug-likeness (QED) is 0.868. The Morgan fingerprint density at radius 1 is 1.00 bits per heavy atom. The molecule has 0 amide bonds. The fourth-order valence-corrected chi connectivity index (χ4v) is 3.90. The van der Waals surface area contributed by atoms with Gasteiger partial charge in [-0.25, -0.2) is 0 Å². The lowest BCUT2D eigenvalue weighted by Crippen LogP contribution is -2.47. The molecule has 1 aromatic rings. The van der Waals surface area contributed by atoms with Crippen molar-refractivity contribution in [2.45, 2.75) is 25.7 Å². The molecule has 2 heterocycles. The van der Waals surface area contributed by atoms with Crippen LogP contribution in [0.2, 0.25) is 0 Å². The minimum absolute atomic E-state index is 0.591. The third-order valence-corrected chi connectivity index (χ3v) is 5.61. The number of nitrogens with zero attached hydrogens (tertiary/aromatic N) is 2. The van der Waals surface area contributed by atoms with Gasteiger partial charge in [-0.1, -0.05) is 0 Å². The maximum atomic E-state index is 5.78. The Morgan fingerprint density at radius 3 is 2.18 bits per heavy atom. The largest absolute Gasteiger partial charge is 0.399 e. The van der Waals surface area contributed by atoms with E-state index in [4.69, 9.17) is 10.5 Å². The van der Waals surface area contributed by atoms with E-state index in [0.717, 1.165) is 18.8 Å². The zero-order valence-corrected chi connectivity index (χ0v) is 13.8. The molecule has 0 aromatic heterocycles. The van der Waals surface area contributed by atoms with Gasteiger partial charge in [-0.2, -0.15) is 0 Å². The first-order valence-electron chi connectivity index (χ1n) is 8.53. The molecule has 4 heteroatoms. The van der Waals surface area contributed by atoms with Crippen LogP contribution in [0.15, 0.2) is 24.3 Å². The zero-order valence-electron chi connectivity index (χ0n) is 13.8. The number of hydrogen-bond donors (Lipinski definition) is 1. The summed E-state index contributed by atoms with van der Waals surface area (Å²) in [6, 6.07) is 8.32. The summed E-state index contributed by atoms with van der Waals surface area (Å²) in [5, 5.41) is 0. The van der Waals surface area contributed by atoms with Gasteiger partial charge in [0.2, 0.25) is 0 Å². The number of nitrogen functional groups attached to an aromatic ring is 1. The summed E-state index contributed by atoms with van der Waals surface area (Å²) in [6.07, 6.45) is 5.36. The van der Waals surface area contributed by atoms with E-state index < -0.39 is 0 Å². The van der Waals surface area contributed by atoms with Gasteiger partial charge in [0.25, 0.3) is 0 Å². The van der Waals surface area contributed by atoms with Gasteiger partial charge in [-0.15, -0.1) is 0 Å². The van der Waals surface area contributed by atoms with Crippen LogP contribution in [-0.4, -0.2) is 51.3 Å². The topological polar surface area (TPSA) is 41.7 Å². The van der Waals surface area contributed by atoms with E-state index in [1.54, 1.807) is 7.11 Å². The third-order valence-electron chi connectivity index (χ3n) is 5.61. The SMILES string of the molecule is COCCN1CCC2(CC1)CCN(c1ccc(N)cc1)CC2. The molecule has 0 saturated carbocycles. The van der Waals surface area contributed by atoms with Crippen molar-refractivity contribution in [3.8, 4) is 0 Å². The molecule has 0 atom stereocenters. The highest BCUT2D eigenvalue weighted by atomic mass is 16.5. The number of hydrogen-bond acceptors (Lipinski definition) is 4. The number of benzene rings is 1. The molecular formula is C18H29N3O. The van der Waals surface area contributed by atoms with Crippen LogP contribution < -0.4 is 10.6 Å². The molecule has 0 unspecified atom stereocenters. The second kappa shape index (κ2) is 6.88. The fourth-order valence-electron chi connectivity index (χ4n) is 3.90. The Hall–Kier alpha value is -1.26. The predicted octanol–water partition coefficient (Wildman–Crippen LogP) is 2.60. The molecular weight excluding hydrogens is 274 g/mol. The summed E-state index contributed by atoms with van der Waals surface area (Å²) < 4.78 is 5.20. The molecule has 2 fully saturated rings. The first kappa shape index (κ1) is 15.6. The van der Waals surface area contributed by atoms with Crippen LogP contribution in [0.3, 0.4) is 0 Å². The predicted molar refractivity (Wildman–Crippen MR) is 92.3 cm³/mol. The molecule has 2 aliphatic heterocycles. The molecule has 0 bridgehead atoms. The number of nitrogens with two attached hydrogens (primary N) is 1. The molecule has 2 saturated heterocycles. The molecule has 4 nitrogen and oxygen atoms in total. The summed E-state index contributed by atoms with van der Waals surface area (Å²) in [5.41, 5.74) is 8.54. The zero-order chi connectivity index (χ0) is 15.4. The first-order valence-corrected chi connectivity index (χ1v) is 8.53. The van der Waals surface area contributed by atoms with Crippen LogP contribution in [-0.2, 0) is 4.74 Å². The number of rotatable bonds is 4. The second-order valence-electron chi connectivity index (χ2n) is 6.91. The monoisotopic (exact) mass is 303 g/mol. The van der Waals surface area contributed by atoms with Crippen LogP contribution >= 0.6 is 0 Å². The van der Waals surface area contributed by atoms with E-state index in [1.165, 1.54) is 57.5 Å². The van der Waals surface area contributed by atoms with Crippen LogP contribution in [0.5, 0.6) is 0 Å². The first-order chi connectivity index (χ1) is 10.7. The lowest BCUT2D eigenvalue weighted by atomic mass is 9.71. The number of ether oxygens (including phenoxy) is 1. The standard InChI is InChI=1S/C18H29N3O/c1-22-15-14-20-10-6-18(7-11-20)8-12-21(13-9-18)17-4-2-16(19)3-5-17/h2-5H,6-15,19H2,1H3. The molecule has 1 spiro atoms. The second-order valence-corrected chi connectivity index (χ2v) is 6.91. The van der Waals surface area contributed by atoms with Crippen molar-refractivity contribution < 1.29 is 4.74 Å². The Bertz CT molecular complexity index is 456. The summed E-state index contributed by atoms with van der Waals surface area (Å²) in [4.78, 5) is 5.07. The van der Waals surface area contributed by atoms with Crippen molar-refractivity contribution in [2.75, 3.05) is 57.1 Å². The van der Waals surface area contributed by atoms with E-state index in [9.17, 15) is 0 Å². The number of methoxy groups -OCH3 is 1. The van der Waals surface area contributed by atoms with Gasteiger partial charge in [0, 0.05) is 38.1 Å². The Labute approximate surface area is 134 Å². The summed E-state index contributed by atoms with van der Waals surface area (Å²) in [6.45, 7) is 6.79. The van der Waals surface area contributed by atoms with Gasteiger partial charge >= 0.3 is 0 Å². The van der Waals surface area contributed by atoms with Crippen molar-refractivity contribution in [3.63, 3.8) is 0 Å². The smallest absolute Gasteiger partial charge is 0.0589 e. The molecule has 0 radical (unpaired) electrons. The Morgan fingerprint density at radius 2 is 1.59 bits per heavy atom. The normalized spacial score (nSPS) is 22.1. The molecule has 2 aliphatic rings. The number of likely N-dealkylation sites (tertiary alicyclic amines) is 1. The number of anilines is 2.